The SMILES string of the molecule is CCc1cccc(C)c1NC(=O)CN(C(C)=O)c1cccc(OC)c1. The fourth-order valence-electron chi connectivity index (χ4n) is 2.69. The summed E-state index contributed by atoms with van der Waals surface area (Å²) in [7, 11) is 1.56. The van der Waals surface area contributed by atoms with Crippen molar-refractivity contribution in [3.05, 3.63) is 53.6 Å². The van der Waals surface area contributed by atoms with Crippen molar-refractivity contribution in [2.24, 2.45) is 0 Å². The van der Waals surface area contributed by atoms with Gasteiger partial charge in [0.1, 0.15) is 12.3 Å². The highest BCUT2D eigenvalue weighted by Gasteiger charge is 2.17. The van der Waals surface area contributed by atoms with Gasteiger partial charge in [-0.3, -0.25) is 9.59 Å². The minimum absolute atomic E-state index is 0.0556. The molecule has 132 valence electrons. The molecule has 0 fully saturated rings. The molecule has 1 N–H and O–H groups in total. The van der Waals surface area contributed by atoms with Crippen molar-refractivity contribution in [3.63, 3.8) is 0 Å². The van der Waals surface area contributed by atoms with E-state index in [4.69, 9.17) is 4.74 Å². The average molecular weight is 340 g/mol. The fraction of sp³-hybridized carbons (Fsp3) is 0.300. The second-order valence-corrected chi connectivity index (χ2v) is 5.82. The number of benzene rings is 2. The largest absolute Gasteiger partial charge is 0.497 e. The van der Waals surface area contributed by atoms with Gasteiger partial charge >= 0.3 is 0 Å². The van der Waals surface area contributed by atoms with Gasteiger partial charge < -0.3 is 15.0 Å². The molecule has 0 bridgehead atoms. The third-order valence-corrected chi connectivity index (χ3v) is 4.05. The molecule has 0 aliphatic carbocycles. The number of ether oxygens (including phenoxy) is 1. The number of anilines is 2. The monoisotopic (exact) mass is 340 g/mol. The first-order valence-corrected chi connectivity index (χ1v) is 8.26. The standard InChI is InChI=1S/C20H24N2O3/c1-5-16-9-6-8-14(2)20(16)21-19(24)13-22(15(3)23)17-10-7-11-18(12-17)25-4/h6-12H,5,13H2,1-4H3,(H,21,24). The lowest BCUT2D eigenvalue weighted by Crippen LogP contribution is -2.36. The zero-order chi connectivity index (χ0) is 18.4. The Morgan fingerprint density at radius 2 is 1.88 bits per heavy atom. The van der Waals surface area contributed by atoms with Gasteiger partial charge in [0, 0.05) is 24.4 Å². The molecule has 0 heterocycles. The molecule has 0 spiro atoms. The molecule has 2 aromatic carbocycles. The van der Waals surface area contributed by atoms with E-state index in [9.17, 15) is 9.59 Å². The Hall–Kier alpha value is -2.82. The number of rotatable bonds is 6. The van der Waals surface area contributed by atoms with Crippen molar-refractivity contribution in [2.45, 2.75) is 27.2 Å². The third kappa shape index (κ3) is 4.59. The Balaban J connectivity index is 2.20. The zero-order valence-corrected chi connectivity index (χ0v) is 15.1. The van der Waals surface area contributed by atoms with Crippen LogP contribution in [-0.2, 0) is 16.0 Å². The summed E-state index contributed by atoms with van der Waals surface area (Å²) in [4.78, 5) is 26.0. The topological polar surface area (TPSA) is 58.6 Å². The number of aryl methyl sites for hydroxylation is 2. The summed E-state index contributed by atoms with van der Waals surface area (Å²) in [6.07, 6.45) is 0.823. The summed E-state index contributed by atoms with van der Waals surface area (Å²) in [6, 6.07) is 13.0. The summed E-state index contributed by atoms with van der Waals surface area (Å²) in [5, 5.41) is 2.95. The maximum absolute atomic E-state index is 12.5. The number of carbonyl (C=O) groups excluding carboxylic acids is 2. The van der Waals surface area contributed by atoms with Crippen LogP contribution in [0.4, 0.5) is 11.4 Å². The quantitative estimate of drug-likeness (QED) is 0.875. The maximum Gasteiger partial charge on any atom is 0.244 e. The van der Waals surface area contributed by atoms with Gasteiger partial charge in [0.25, 0.3) is 0 Å². The predicted octanol–water partition coefficient (Wildman–Crippen LogP) is 3.56. The normalized spacial score (nSPS) is 10.2. The lowest BCUT2D eigenvalue weighted by atomic mass is 10.1. The zero-order valence-electron chi connectivity index (χ0n) is 15.1. The van der Waals surface area contributed by atoms with E-state index in [0.29, 0.717) is 11.4 Å². The second kappa shape index (κ2) is 8.33. The van der Waals surface area contributed by atoms with Crippen LogP contribution in [0.15, 0.2) is 42.5 Å². The van der Waals surface area contributed by atoms with E-state index in [1.165, 1.54) is 11.8 Å². The van der Waals surface area contributed by atoms with Crippen LogP contribution >= 0.6 is 0 Å². The fourth-order valence-corrected chi connectivity index (χ4v) is 2.69. The van der Waals surface area contributed by atoms with Crippen LogP contribution < -0.4 is 15.0 Å². The smallest absolute Gasteiger partial charge is 0.244 e. The highest BCUT2D eigenvalue weighted by Crippen LogP contribution is 2.23. The number of para-hydroxylation sites is 1. The molecule has 0 aliphatic heterocycles. The van der Waals surface area contributed by atoms with E-state index in [2.05, 4.69) is 5.32 Å². The van der Waals surface area contributed by atoms with Crippen molar-refractivity contribution in [1.29, 1.82) is 0 Å². The summed E-state index contributed by atoms with van der Waals surface area (Å²) >= 11 is 0. The van der Waals surface area contributed by atoms with Crippen molar-refractivity contribution in [3.8, 4) is 5.75 Å². The molecule has 0 aliphatic rings. The van der Waals surface area contributed by atoms with E-state index in [-0.39, 0.29) is 18.4 Å². The lowest BCUT2D eigenvalue weighted by Gasteiger charge is -2.22. The molecule has 25 heavy (non-hydrogen) atoms. The predicted molar refractivity (Wildman–Crippen MR) is 100 cm³/mol. The van der Waals surface area contributed by atoms with Crippen LogP contribution in [0.1, 0.15) is 25.0 Å². The number of nitrogens with one attached hydrogen (secondary N) is 1. The number of nitrogens with zero attached hydrogens (tertiary/aromatic N) is 1. The molecule has 0 aromatic heterocycles. The molecule has 0 radical (unpaired) electrons. The highest BCUT2D eigenvalue weighted by atomic mass is 16.5. The van der Waals surface area contributed by atoms with Gasteiger partial charge in [-0.25, -0.2) is 0 Å². The van der Waals surface area contributed by atoms with E-state index in [1.54, 1.807) is 31.4 Å². The Kier molecular flexibility index (Phi) is 6.17. The number of methoxy groups -OCH3 is 1. The van der Waals surface area contributed by atoms with Crippen molar-refractivity contribution < 1.29 is 14.3 Å². The van der Waals surface area contributed by atoms with E-state index in [1.807, 2.05) is 32.0 Å². The van der Waals surface area contributed by atoms with Gasteiger partial charge in [0.15, 0.2) is 0 Å². The van der Waals surface area contributed by atoms with E-state index < -0.39 is 0 Å². The summed E-state index contributed by atoms with van der Waals surface area (Å²) < 4.78 is 5.19. The van der Waals surface area contributed by atoms with Crippen LogP contribution in [0, 0.1) is 6.92 Å². The molecule has 5 heteroatoms. The van der Waals surface area contributed by atoms with Gasteiger partial charge in [-0.2, -0.15) is 0 Å². The van der Waals surface area contributed by atoms with Gasteiger partial charge in [-0.15, -0.1) is 0 Å². The minimum Gasteiger partial charge on any atom is -0.497 e. The molecule has 0 unspecified atom stereocenters. The summed E-state index contributed by atoms with van der Waals surface area (Å²) in [6.45, 7) is 5.39. The number of hydrogen-bond donors (Lipinski definition) is 1. The molecule has 0 saturated carbocycles. The molecule has 2 aromatic rings. The number of hydrogen-bond acceptors (Lipinski definition) is 3. The van der Waals surface area contributed by atoms with Crippen LogP contribution in [0.2, 0.25) is 0 Å². The van der Waals surface area contributed by atoms with Gasteiger partial charge in [0.05, 0.1) is 7.11 Å². The van der Waals surface area contributed by atoms with Crippen molar-refractivity contribution in [2.75, 3.05) is 23.9 Å². The van der Waals surface area contributed by atoms with Gasteiger partial charge in [0.2, 0.25) is 11.8 Å². The maximum atomic E-state index is 12.5. The third-order valence-electron chi connectivity index (χ3n) is 4.05. The van der Waals surface area contributed by atoms with E-state index in [0.717, 1.165) is 23.2 Å². The minimum atomic E-state index is -0.234. The number of amides is 2. The second-order valence-electron chi connectivity index (χ2n) is 5.82. The van der Waals surface area contributed by atoms with E-state index >= 15 is 0 Å². The van der Waals surface area contributed by atoms with Crippen LogP contribution in [0.3, 0.4) is 0 Å². The van der Waals surface area contributed by atoms with Gasteiger partial charge in [-0.05, 0) is 36.6 Å². The molecular weight excluding hydrogens is 316 g/mol. The Morgan fingerprint density at radius 3 is 2.52 bits per heavy atom. The average Bonchev–Trinajstić information content (AvgIpc) is 2.61. The molecule has 5 nitrogen and oxygen atoms in total. The Labute approximate surface area is 148 Å². The summed E-state index contributed by atoms with van der Waals surface area (Å²) in [5.74, 6) is 0.197. The van der Waals surface area contributed by atoms with Crippen LogP contribution in [0.25, 0.3) is 0 Å². The highest BCUT2D eigenvalue weighted by molar-refractivity contribution is 6.02. The first kappa shape index (κ1) is 18.5. The molecule has 2 amide bonds. The Morgan fingerprint density at radius 1 is 1.16 bits per heavy atom. The van der Waals surface area contributed by atoms with Crippen molar-refractivity contribution in [1.82, 2.24) is 0 Å². The first-order valence-electron chi connectivity index (χ1n) is 8.26. The number of carbonyl (C=O) groups is 2. The van der Waals surface area contributed by atoms with Crippen LogP contribution in [0.5, 0.6) is 5.75 Å². The summed E-state index contributed by atoms with van der Waals surface area (Å²) in [5.41, 5.74) is 3.53. The molecular formula is C20H24N2O3. The lowest BCUT2D eigenvalue weighted by molar-refractivity contribution is -0.120. The molecule has 2 rings (SSSR count). The molecule has 0 saturated heterocycles. The Bertz CT molecular complexity index is 771. The van der Waals surface area contributed by atoms with Crippen LogP contribution in [-0.4, -0.2) is 25.5 Å². The first-order chi connectivity index (χ1) is 12.0. The van der Waals surface area contributed by atoms with Crippen molar-refractivity contribution >= 4 is 23.2 Å². The molecule has 0 atom stereocenters. The van der Waals surface area contributed by atoms with Gasteiger partial charge in [-0.1, -0.05) is 31.2 Å².